The molecule has 1 aliphatic rings. The van der Waals surface area contributed by atoms with Gasteiger partial charge in [-0.25, -0.2) is 4.79 Å². The number of halogens is 2. The molecule has 0 saturated heterocycles. The molecule has 2 aromatic rings. The fraction of sp³-hybridized carbons (Fsp3) is 0.167. The van der Waals surface area contributed by atoms with Crippen LogP contribution in [0.1, 0.15) is 10.5 Å². The van der Waals surface area contributed by atoms with Crippen molar-refractivity contribution < 1.29 is 28.2 Å². The molecular weight excluding hydrogens is 274 g/mol. The predicted octanol–water partition coefficient (Wildman–Crippen LogP) is 2.11. The quantitative estimate of drug-likeness (QED) is 0.913. The molecule has 0 fully saturated rings. The molecule has 3 rings (SSSR count). The van der Waals surface area contributed by atoms with Crippen molar-refractivity contribution in [2.75, 3.05) is 0 Å². The fourth-order valence-electron chi connectivity index (χ4n) is 1.99. The summed E-state index contributed by atoms with van der Waals surface area (Å²) >= 11 is 0. The van der Waals surface area contributed by atoms with Gasteiger partial charge in [-0.1, -0.05) is 6.07 Å². The number of benzene rings is 1. The molecular formula is C12H8F2N2O4. The molecule has 0 bridgehead atoms. The summed E-state index contributed by atoms with van der Waals surface area (Å²) in [5.74, 6) is -1.45. The summed E-state index contributed by atoms with van der Waals surface area (Å²) in [5, 5.41) is 12.7. The number of para-hydroxylation sites is 1. The van der Waals surface area contributed by atoms with E-state index < -0.39 is 12.3 Å². The third-order valence-electron chi connectivity index (χ3n) is 2.80. The second-order valence-electron chi connectivity index (χ2n) is 4.14. The Kier molecular flexibility index (Phi) is 2.43. The van der Waals surface area contributed by atoms with Crippen molar-refractivity contribution in [3.63, 3.8) is 0 Å². The van der Waals surface area contributed by atoms with Gasteiger partial charge in [0.1, 0.15) is 0 Å². The molecule has 0 aliphatic carbocycles. The van der Waals surface area contributed by atoms with Crippen LogP contribution in [0.25, 0.3) is 11.3 Å². The first kappa shape index (κ1) is 12.4. The van der Waals surface area contributed by atoms with Crippen LogP contribution in [0.4, 0.5) is 8.78 Å². The Morgan fingerprint density at radius 3 is 2.80 bits per heavy atom. The Hall–Kier alpha value is -2.64. The number of nitrogens with zero attached hydrogens (tertiary/aromatic N) is 2. The normalized spacial score (nSPS) is 15.3. The standard InChI is InChI=1S/C12H8F2N2O4/c1-16-8(5-7(15-16)11(17)18)6-3-2-4-9-10(6)20-12(13,14)19-9/h2-5H,1H3,(H,17,18). The molecule has 0 spiro atoms. The second kappa shape index (κ2) is 3.92. The Bertz CT molecular complexity index is 711. The number of aryl methyl sites for hydroxylation is 1. The number of alkyl halides is 2. The summed E-state index contributed by atoms with van der Waals surface area (Å²) < 4.78 is 36.3. The topological polar surface area (TPSA) is 73.6 Å². The molecule has 1 aromatic heterocycles. The van der Waals surface area contributed by atoms with Crippen molar-refractivity contribution in [1.82, 2.24) is 9.78 Å². The maximum absolute atomic E-state index is 13.1. The highest BCUT2D eigenvalue weighted by Gasteiger charge is 2.44. The Labute approximate surface area is 111 Å². The van der Waals surface area contributed by atoms with Crippen LogP contribution in [-0.2, 0) is 7.05 Å². The Morgan fingerprint density at radius 1 is 1.40 bits per heavy atom. The van der Waals surface area contributed by atoms with Gasteiger partial charge in [0, 0.05) is 12.6 Å². The van der Waals surface area contributed by atoms with Crippen molar-refractivity contribution in [3.05, 3.63) is 30.0 Å². The first-order valence-corrected chi connectivity index (χ1v) is 5.54. The zero-order valence-corrected chi connectivity index (χ0v) is 10.1. The van der Waals surface area contributed by atoms with E-state index in [0.29, 0.717) is 5.69 Å². The number of aromatic carboxylic acids is 1. The molecule has 1 N–H and O–H groups in total. The van der Waals surface area contributed by atoms with Crippen LogP contribution in [0, 0.1) is 0 Å². The highest BCUT2D eigenvalue weighted by molar-refractivity contribution is 5.87. The van der Waals surface area contributed by atoms with E-state index in [1.54, 1.807) is 0 Å². The molecule has 0 saturated carbocycles. The molecule has 0 atom stereocenters. The first-order chi connectivity index (χ1) is 9.37. The van der Waals surface area contributed by atoms with Gasteiger partial charge in [-0.2, -0.15) is 5.10 Å². The van der Waals surface area contributed by atoms with Crippen molar-refractivity contribution in [2.45, 2.75) is 6.29 Å². The smallest absolute Gasteiger partial charge is 0.476 e. The SMILES string of the molecule is Cn1nc(C(=O)O)cc1-c1cccc2c1OC(F)(F)O2. The summed E-state index contributed by atoms with van der Waals surface area (Å²) in [6, 6.07) is 5.64. The number of fused-ring (bicyclic) bond motifs is 1. The molecule has 8 heteroatoms. The first-order valence-electron chi connectivity index (χ1n) is 5.54. The summed E-state index contributed by atoms with van der Waals surface area (Å²) in [5.41, 5.74) is 0.425. The monoisotopic (exact) mass is 282 g/mol. The second-order valence-corrected chi connectivity index (χ2v) is 4.14. The van der Waals surface area contributed by atoms with Gasteiger partial charge < -0.3 is 14.6 Å². The lowest BCUT2D eigenvalue weighted by atomic mass is 10.1. The van der Waals surface area contributed by atoms with Crippen LogP contribution in [0.5, 0.6) is 11.5 Å². The highest BCUT2D eigenvalue weighted by atomic mass is 19.3. The Balaban J connectivity index is 2.14. The van der Waals surface area contributed by atoms with Gasteiger partial charge in [0.25, 0.3) is 0 Å². The van der Waals surface area contributed by atoms with Gasteiger partial charge in [-0.05, 0) is 18.2 Å². The minimum Gasteiger partial charge on any atom is -0.476 e. The van der Waals surface area contributed by atoms with Crippen LogP contribution in [-0.4, -0.2) is 27.2 Å². The summed E-state index contributed by atoms with van der Waals surface area (Å²) in [4.78, 5) is 10.9. The van der Waals surface area contributed by atoms with Crippen LogP contribution >= 0.6 is 0 Å². The Morgan fingerprint density at radius 2 is 2.15 bits per heavy atom. The maximum atomic E-state index is 13.1. The third-order valence-corrected chi connectivity index (χ3v) is 2.80. The molecule has 1 aromatic carbocycles. The van der Waals surface area contributed by atoms with Crippen LogP contribution in [0.3, 0.4) is 0 Å². The average molecular weight is 282 g/mol. The third kappa shape index (κ3) is 1.85. The van der Waals surface area contributed by atoms with E-state index in [4.69, 9.17) is 5.11 Å². The predicted molar refractivity (Wildman–Crippen MR) is 61.8 cm³/mol. The highest BCUT2D eigenvalue weighted by Crippen LogP contribution is 2.46. The average Bonchev–Trinajstić information content (AvgIpc) is 2.87. The van der Waals surface area contributed by atoms with E-state index in [2.05, 4.69) is 14.6 Å². The number of carboxylic acids is 1. The van der Waals surface area contributed by atoms with Gasteiger partial charge in [-0.15, -0.1) is 8.78 Å². The summed E-state index contributed by atoms with van der Waals surface area (Å²) in [6.45, 7) is 0. The van der Waals surface area contributed by atoms with Crippen LogP contribution < -0.4 is 9.47 Å². The number of hydrogen-bond donors (Lipinski definition) is 1. The number of carbonyl (C=O) groups is 1. The molecule has 2 heterocycles. The minimum absolute atomic E-state index is 0.106. The van der Waals surface area contributed by atoms with E-state index in [1.807, 2.05) is 0 Å². The lowest BCUT2D eigenvalue weighted by Crippen LogP contribution is -2.26. The molecule has 1 aliphatic heterocycles. The molecule has 0 radical (unpaired) electrons. The zero-order valence-electron chi connectivity index (χ0n) is 10.1. The van der Waals surface area contributed by atoms with E-state index in [0.717, 1.165) is 0 Å². The fourth-order valence-corrected chi connectivity index (χ4v) is 1.99. The molecule has 104 valence electrons. The van der Waals surface area contributed by atoms with Gasteiger partial charge in [0.05, 0.1) is 5.69 Å². The lowest BCUT2D eigenvalue weighted by Gasteiger charge is -2.07. The summed E-state index contributed by atoms with van der Waals surface area (Å²) in [7, 11) is 1.51. The largest absolute Gasteiger partial charge is 0.586 e. The van der Waals surface area contributed by atoms with Crippen molar-refractivity contribution >= 4 is 5.97 Å². The minimum atomic E-state index is -3.73. The molecule has 20 heavy (non-hydrogen) atoms. The number of carboxylic acid groups (broad SMARTS) is 1. The van der Waals surface area contributed by atoms with Crippen LogP contribution in [0.2, 0.25) is 0 Å². The van der Waals surface area contributed by atoms with Crippen LogP contribution in [0.15, 0.2) is 24.3 Å². The summed E-state index contributed by atoms with van der Waals surface area (Å²) in [6.07, 6.45) is -3.73. The van der Waals surface area contributed by atoms with Crippen molar-refractivity contribution in [3.8, 4) is 22.8 Å². The van der Waals surface area contributed by atoms with E-state index in [-0.39, 0.29) is 22.8 Å². The van der Waals surface area contributed by atoms with Gasteiger partial charge in [0.15, 0.2) is 17.2 Å². The van der Waals surface area contributed by atoms with Gasteiger partial charge in [0.2, 0.25) is 0 Å². The molecule has 0 unspecified atom stereocenters. The van der Waals surface area contributed by atoms with E-state index in [9.17, 15) is 13.6 Å². The lowest BCUT2D eigenvalue weighted by molar-refractivity contribution is -0.286. The number of aromatic nitrogens is 2. The van der Waals surface area contributed by atoms with Crippen molar-refractivity contribution in [2.24, 2.45) is 7.05 Å². The van der Waals surface area contributed by atoms with Gasteiger partial charge in [-0.3, -0.25) is 4.68 Å². The van der Waals surface area contributed by atoms with Crippen molar-refractivity contribution in [1.29, 1.82) is 0 Å². The number of rotatable bonds is 2. The number of ether oxygens (including phenoxy) is 2. The molecule has 6 nitrogen and oxygen atoms in total. The van der Waals surface area contributed by atoms with Gasteiger partial charge >= 0.3 is 12.3 Å². The van der Waals surface area contributed by atoms with E-state index >= 15 is 0 Å². The maximum Gasteiger partial charge on any atom is 0.586 e. The number of hydrogen-bond acceptors (Lipinski definition) is 4. The zero-order chi connectivity index (χ0) is 14.5. The van der Waals surface area contributed by atoms with E-state index in [1.165, 1.54) is 36.0 Å². The molecule has 0 amide bonds.